The van der Waals surface area contributed by atoms with Crippen molar-refractivity contribution in [3.8, 4) is 11.5 Å². The Hall–Kier alpha value is -1.26. The normalized spacial score (nSPS) is 27.8. The molecule has 3 rings (SSSR count). The second kappa shape index (κ2) is 5.62. The van der Waals surface area contributed by atoms with Crippen molar-refractivity contribution in [2.24, 2.45) is 5.92 Å². The highest BCUT2D eigenvalue weighted by atomic mass is 16.5. The molecule has 20 heavy (non-hydrogen) atoms. The molecule has 0 bridgehead atoms. The predicted octanol–water partition coefficient (Wildman–Crippen LogP) is 2.22. The van der Waals surface area contributed by atoms with Gasteiger partial charge in [0.1, 0.15) is 24.2 Å². The van der Waals surface area contributed by atoms with E-state index in [1.807, 2.05) is 18.2 Å². The molecular formula is C16H23NO3. The van der Waals surface area contributed by atoms with Crippen molar-refractivity contribution in [2.75, 3.05) is 26.8 Å². The molecule has 4 nitrogen and oxygen atoms in total. The highest BCUT2D eigenvalue weighted by Crippen LogP contribution is 2.37. The maximum Gasteiger partial charge on any atom is 0.125 e. The van der Waals surface area contributed by atoms with E-state index in [2.05, 4.69) is 11.8 Å². The maximum atomic E-state index is 10.7. The van der Waals surface area contributed by atoms with Crippen LogP contribution in [-0.4, -0.2) is 42.9 Å². The zero-order chi connectivity index (χ0) is 14.1. The van der Waals surface area contributed by atoms with E-state index in [0.29, 0.717) is 6.61 Å². The summed E-state index contributed by atoms with van der Waals surface area (Å²) in [4.78, 5) is 2.37. The molecule has 0 saturated carbocycles. The van der Waals surface area contributed by atoms with E-state index in [9.17, 15) is 5.11 Å². The molecule has 0 aliphatic carbocycles. The standard InChI is InChI=1S/C16H23NO3/c1-11-5-7-17(8-6-11)14-10-20-15-4-3-12(19-2)9-13(15)16(14)18/h3-4,9,11,14,16,18H,5-8,10H2,1-2H3. The van der Waals surface area contributed by atoms with Crippen LogP contribution in [0.4, 0.5) is 0 Å². The fraction of sp³-hybridized carbons (Fsp3) is 0.625. The first-order valence-electron chi connectivity index (χ1n) is 7.42. The molecule has 2 aliphatic rings. The molecule has 1 saturated heterocycles. The molecule has 4 heteroatoms. The highest BCUT2D eigenvalue weighted by molar-refractivity contribution is 5.43. The third-order valence-electron chi connectivity index (χ3n) is 4.60. The molecule has 2 heterocycles. The number of hydrogen-bond acceptors (Lipinski definition) is 4. The van der Waals surface area contributed by atoms with E-state index in [4.69, 9.17) is 9.47 Å². The van der Waals surface area contributed by atoms with Crippen LogP contribution in [0.5, 0.6) is 11.5 Å². The lowest BCUT2D eigenvalue weighted by Crippen LogP contribution is -2.49. The van der Waals surface area contributed by atoms with Gasteiger partial charge in [0.15, 0.2) is 0 Å². The summed E-state index contributed by atoms with van der Waals surface area (Å²) < 4.78 is 11.1. The van der Waals surface area contributed by atoms with Gasteiger partial charge in [-0.3, -0.25) is 4.90 Å². The first-order valence-corrected chi connectivity index (χ1v) is 7.42. The summed E-state index contributed by atoms with van der Waals surface area (Å²) in [7, 11) is 1.64. The van der Waals surface area contributed by atoms with Gasteiger partial charge >= 0.3 is 0 Å². The monoisotopic (exact) mass is 277 g/mol. The Morgan fingerprint density at radius 2 is 2.05 bits per heavy atom. The van der Waals surface area contributed by atoms with Crippen molar-refractivity contribution in [1.82, 2.24) is 4.90 Å². The Morgan fingerprint density at radius 3 is 2.75 bits per heavy atom. The zero-order valence-electron chi connectivity index (χ0n) is 12.2. The van der Waals surface area contributed by atoms with Gasteiger partial charge in [-0.25, -0.2) is 0 Å². The summed E-state index contributed by atoms with van der Waals surface area (Å²) in [5.41, 5.74) is 0.847. The highest BCUT2D eigenvalue weighted by Gasteiger charge is 2.35. The van der Waals surface area contributed by atoms with Crippen molar-refractivity contribution in [1.29, 1.82) is 0 Å². The van der Waals surface area contributed by atoms with Crippen LogP contribution in [0, 0.1) is 5.92 Å². The molecule has 2 atom stereocenters. The predicted molar refractivity (Wildman–Crippen MR) is 77.2 cm³/mol. The average Bonchev–Trinajstić information content (AvgIpc) is 2.49. The van der Waals surface area contributed by atoms with Gasteiger partial charge in [0, 0.05) is 5.56 Å². The Morgan fingerprint density at radius 1 is 1.30 bits per heavy atom. The SMILES string of the molecule is COc1ccc2c(c1)C(O)C(N1CCC(C)CC1)CO2. The summed E-state index contributed by atoms with van der Waals surface area (Å²) in [6.07, 6.45) is 1.91. The quantitative estimate of drug-likeness (QED) is 0.900. The maximum absolute atomic E-state index is 10.7. The van der Waals surface area contributed by atoms with Crippen molar-refractivity contribution >= 4 is 0 Å². The molecule has 1 aromatic rings. The molecule has 0 aromatic heterocycles. The molecular weight excluding hydrogens is 254 g/mol. The van der Waals surface area contributed by atoms with Gasteiger partial charge < -0.3 is 14.6 Å². The summed E-state index contributed by atoms with van der Waals surface area (Å²) in [6.45, 7) is 4.96. The van der Waals surface area contributed by atoms with Crippen LogP contribution in [0.25, 0.3) is 0 Å². The number of piperidine rings is 1. The van der Waals surface area contributed by atoms with Gasteiger partial charge in [-0.15, -0.1) is 0 Å². The first-order chi connectivity index (χ1) is 9.69. The van der Waals surface area contributed by atoms with Crippen LogP contribution in [0.15, 0.2) is 18.2 Å². The Kier molecular flexibility index (Phi) is 3.85. The van der Waals surface area contributed by atoms with Gasteiger partial charge in [-0.2, -0.15) is 0 Å². The van der Waals surface area contributed by atoms with Gasteiger partial charge in [0.05, 0.1) is 13.2 Å². The number of likely N-dealkylation sites (tertiary alicyclic amines) is 1. The lowest BCUT2D eigenvalue weighted by molar-refractivity contribution is -0.00985. The Bertz CT molecular complexity index is 469. The van der Waals surface area contributed by atoms with E-state index in [1.54, 1.807) is 7.11 Å². The lowest BCUT2D eigenvalue weighted by atomic mass is 9.93. The lowest BCUT2D eigenvalue weighted by Gasteiger charge is -2.41. The Balaban J connectivity index is 1.79. The number of rotatable bonds is 2. The fourth-order valence-electron chi connectivity index (χ4n) is 3.15. The summed E-state index contributed by atoms with van der Waals surface area (Å²) in [5, 5.41) is 10.7. The number of fused-ring (bicyclic) bond motifs is 1. The van der Waals surface area contributed by atoms with Crippen molar-refractivity contribution in [3.05, 3.63) is 23.8 Å². The minimum absolute atomic E-state index is 0.0575. The number of aliphatic hydroxyl groups is 1. The van der Waals surface area contributed by atoms with Crippen molar-refractivity contribution in [3.63, 3.8) is 0 Å². The number of ether oxygens (including phenoxy) is 2. The minimum atomic E-state index is -0.498. The second-order valence-corrected chi connectivity index (χ2v) is 5.95. The van der Waals surface area contributed by atoms with Crippen LogP contribution >= 0.6 is 0 Å². The average molecular weight is 277 g/mol. The molecule has 0 amide bonds. The molecule has 2 unspecified atom stereocenters. The van der Waals surface area contributed by atoms with E-state index in [-0.39, 0.29) is 6.04 Å². The van der Waals surface area contributed by atoms with Gasteiger partial charge in [-0.05, 0) is 50.0 Å². The largest absolute Gasteiger partial charge is 0.497 e. The molecule has 1 fully saturated rings. The minimum Gasteiger partial charge on any atom is -0.497 e. The Labute approximate surface area is 120 Å². The van der Waals surface area contributed by atoms with Gasteiger partial charge in [-0.1, -0.05) is 6.92 Å². The van der Waals surface area contributed by atoms with E-state index in [1.165, 1.54) is 12.8 Å². The number of hydrogen-bond donors (Lipinski definition) is 1. The van der Waals surface area contributed by atoms with E-state index >= 15 is 0 Å². The van der Waals surface area contributed by atoms with E-state index in [0.717, 1.165) is 36.1 Å². The summed E-state index contributed by atoms with van der Waals surface area (Å²) in [6, 6.07) is 5.70. The fourth-order valence-corrected chi connectivity index (χ4v) is 3.15. The third-order valence-corrected chi connectivity index (χ3v) is 4.60. The van der Waals surface area contributed by atoms with Crippen molar-refractivity contribution < 1.29 is 14.6 Å². The van der Waals surface area contributed by atoms with Crippen LogP contribution in [-0.2, 0) is 0 Å². The third kappa shape index (κ3) is 2.50. The van der Waals surface area contributed by atoms with Crippen LogP contribution in [0.1, 0.15) is 31.4 Å². The van der Waals surface area contributed by atoms with E-state index < -0.39 is 6.10 Å². The molecule has 1 N–H and O–H groups in total. The van der Waals surface area contributed by atoms with Gasteiger partial charge in [0.25, 0.3) is 0 Å². The first kappa shape index (κ1) is 13.7. The van der Waals surface area contributed by atoms with Gasteiger partial charge in [0.2, 0.25) is 0 Å². The van der Waals surface area contributed by atoms with Crippen LogP contribution in [0.2, 0.25) is 0 Å². The van der Waals surface area contributed by atoms with Crippen LogP contribution in [0.3, 0.4) is 0 Å². The smallest absolute Gasteiger partial charge is 0.125 e. The number of methoxy groups -OCH3 is 1. The molecule has 2 aliphatic heterocycles. The number of benzene rings is 1. The van der Waals surface area contributed by atoms with Crippen LogP contribution < -0.4 is 9.47 Å². The number of aliphatic hydroxyl groups excluding tert-OH is 1. The molecule has 1 aromatic carbocycles. The summed E-state index contributed by atoms with van der Waals surface area (Å²) >= 11 is 0. The second-order valence-electron chi connectivity index (χ2n) is 5.95. The topological polar surface area (TPSA) is 41.9 Å². The molecule has 0 spiro atoms. The molecule has 0 radical (unpaired) electrons. The zero-order valence-corrected chi connectivity index (χ0v) is 12.2. The van der Waals surface area contributed by atoms with Crippen molar-refractivity contribution in [2.45, 2.75) is 31.9 Å². The molecule has 110 valence electrons. The number of nitrogens with zero attached hydrogens (tertiary/aromatic N) is 1. The summed E-state index contributed by atoms with van der Waals surface area (Å²) in [5.74, 6) is 2.33.